The third-order valence-corrected chi connectivity index (χ3v) is 30.1. The van der Waals surface area contributed by atoms with Crippen LogP contribution in [0.3, 0.4) is 0 Å². The molecule has 0 aliphatic heterocycles. The van der Waals surface area contributed by atoms with Crippen LogP contribution in [-0.4, -0.2) is 62.5 Å². The number of halogens is 1. The molecule has 0 fully saturated rings. The minimum atomic E-state index is -3.52. The third kappa shape index (κ3) is 21.9. The van der Waals surface area contributed by atoms with Crippen LogP contribution in [0.25, 0.3) is 0 Å². The van der Waals surface area contributed by atoms with E-state index in [1.54, 1.807) is 0 Å². The van der Waals surface area contributed by atoms with E-state index >= 15 is 0 Å². The Kier molecular flexibility index (Phi) is 32.1. The number of unbranched alkanes of at least 4 members (excludes halogenated alkanes) is 12. The zero-order valence-electron chi connectivity index (χ0n) is 34.6. The molecule has 0 rings (SSSR count). The van der Waals surface area contributed by atoms with Crippen molar-refractivity contribution >= 4 is 35.4 Å². The molecule has 0 aliphatic rings. The van der Waals surface area contributed by atoms with Gasteiger partial charge in [0, 0.05) is 0 Å². The first-order valence-corrected chi connectivity index (χ1v) is 30.6. The predicted molar refractivity (Wildman–Crippen MR) is 231 cm³/mol. The fourth-order valence-corrected chi connectivity index (χ4v) is 26.4. The molecule has 0 saturated carbocycles. The van der Waals surface area contributed by atoms with Gasteiger partial charge in [-0.15, -0.1) is 0 Å². The molecule has 0 amide bonds. The van der Waals surface area contributed by atoms with E-state index in [2.05, 4.69) is 70.9 Å². The van der Waals surface area contributed by atoms with Crippen molar-refractivity contribution in [3.63, 3.8) is 0 Å². The first-order chi connectivity index (χ1) is 22.9. The minimum absolute atomic E-state index is 0.356. The molecule has 0 aromatic heterocycles. The summed E-state index contributed by atoms with van der Waals surface area (Å²) in [6.45, 7) is 20.1. The summed E-state index contributed by atoms with van der Waals surface area (Å²) >= 11 is 4.48. The molecule has 0 bridgehead atoms. The second kappa shape index (κ2) is 29.9. The van der Waals surface area contributed by atoms with Crippen molar-refractivity contribution in [2.45, 2.75) is 198 Å². The van der Waals surface area contributed by atoms with Crippen LogP contribution in [-0.2, 0) is 17.9 Å². The van der Waals surface area contributed by atoms with Gasteiger partial charge in [-0.05, 0) is 0 Å². The Balaban J connectivity index is 0. The van der Waals surface area contributed by atoms with E-state index < -0.39 is 20.0 Å². The summed E-state index contributed by atoms with van der Waals surface area (Å²) in [7, 11) is -3.52. The van der Waals surface area contributed by atoms with Crippen molar-refractivity contribution in [2.75, 3.05) is 62.5 Å². The van der Waals surface area contributed by atoms with Gasteiger partial charge in [0.2, 0.25) is 0 Å². The van der Waals surface area contributed by atoms with Gasteiger partial charge in [-0.3, -0.25) is 0 Å². The molecule has 0 aromatic carbocycles. The molecule has 0 heterocycles. The molecule has 0 aromatic rings. The third-order valence-electron chi connectivity index (χ3n) is 10.5. The Bertz CT molecular complexity index is 723. The molecule has 4 nitrogen and oxygen atoms in total. The van der Waals surface area contributed by atoms with Crippen molar-refractivity contribution in [1.82, 2.24) is 0 Å². The standard InChI is InChI=1S/C22H50O4P2.C18H40BrP/c1-7-13-17-18-22-28(19-14-8-2,20-15-9-3,21-16-10-4)26-27(23,24-11-5)25-12-6;1-5-9-13-14-18-20(19,15-10-6-2,16-11-7-3)17-12-8-4/h7-22H2,1-6H3;5-18H2,1-4H3. The predicted octanol–water partition coefficient (Wildman–Crippen LogP) is 16.5. The number of hydrogen-bond donors (Lipinski definition) is 0. The van der Waals surface area contributed by atoms with Gasteiger partial charge in [0.05, 0.1) is 0 Å². The molecule has 0 spiro atoms. The quantitative estimate of drug-likeness (QED) is 0.0480. The van der Waals surface area contributed by atoms with Crippen LogP contribution >= 0.6 is 35.4 Å². The van der Waals surface area contributed by atoms with E-state index in [1.165, 1.54) is 115 Å². The Morgan fingerprint density at radius 3 is 0.979 bits per heavy atom. The van der Waals surface area contributed by atoms with E-state index in [0.29, 0.717) is 13.2 Å². The Hall–Kier alpha value is 1.45. The summed E-state index contributed by atoms with van der Waals surface area (Å²) in [5.74, 6) is 0. The first-order valence-electron chi connectivity index (χ1n) is 21.3. The second-order valence-corrected chi connectivity index (χ2v) is 34.1. The molecule has 0 aliphatic carbocycles. The summed E-state index contributed by atoms with van der Waals surface area (Å²) in [5.41, 5.74) is 0. The number of hydrogen-bond acceptors (Lipinski definition) is 4. The number of phosphoric acid groups is 1. The molecule has 0 unspecified atom stereocenters. The fraction of sp³-hybridized carbons (Fsp3) is 1.00. The number of rotatable bonds is 34. The molecule has 8 heteroatoms. The van der Waals surface area contributed by atoms with Crippen LogP contribution in [0.15, 0.2) is 0 Å². The Morgan fingerprint density at radius 1 is 0.396 bits per heavy atom. The van der Waals surface area contributed by atoms with Crippen molar-refractivity contribution in [3.05, 3.63) is 0 Å². The molecule has 0 radical (unpaired) electrons. The Labute approximate surface area is 312 Å². The van der Waals surface area contributed by atoms with Crippen molar-refractivity contribution in [3.8, 4) is 0 Å². The zero-order chi connectivity index (χ0) is 36.7. The molecular formula is C40H90BrO4P3. The van der Waals surface area contributed by atoms with Gasteiger partial charge >= 0.3 is 314 Å². The average molecular weight is 808 g/mol. The topological polar surface area (TPSA) is 44.8 Å². The first kappa shape index (κ1) is 51.6. The van der Waals surface area contributed by atoms with Crippen LogP contribution in [0.2, 0.25) is 0 Å². The Morgan fingerprint density at radius 2 is 0.667 bits per heavy atom. The van der Waals surface area contributed by atoms with Gasteiger partial charge < -0.3 is 0 Å². The number of phosphoric ester groups is 1. The van der Waals surface area contributed by atoms with E-state index in [1.807, 2.05) is 13.8 Å². The van der Waals surface area contributed by atoms with Gasteiger partial charge in [-0.1, -0.05) is 0 Å². The van der Waals surface area contributed by atoms with Crippen molar-refractivity contribution in [2.24, 2.45) is 0 Å². The van der Waals surface area contributed by atoms with E-state index in [4.69, 9.17) is 13.4 Å². The summed E-state index contributed by atoms with van der Waals surface area (Å²) in [6.07, 6.45) is 36.1. The molecule has 0 N–H and O–H groups in total. The van der Waals surface area contributed by atoms with Crippen molar-refractivity contribution < 1.29 is 17.9 Å². The van der Waals surface area contributed by atoms with Crippen LogP contribution in [0.5, 0.6) is 0 Å². The van der Waals surface area contributed by atoms with Crippen LogP contribution in [0, 0.1) is 0 Å². The molecule has 0 saturated heterocycles. The van der Waals surface area contributed by atoms with Crippen molar-refractivity contribution in [1.29, 1.82) is 0 Å². The average Bonchev–Trinajstić information content (AvgIpc) is 3.08. The van der Waals surface area contributed by atoms with Gasteiger partial charge in [-0.25, -0.2) is 0 Å². The second-order valence-electron chi connectivity index (χ2n) is 15.1. The fourth-order valence-electron chi connectivity index (χ4n) is 7.39. The summed E-state index contributed by atoms with van der Waals surface area (Å²) in [4.78, 5) is 0. The van der Waals surface area contributed by atoms with Crippen LogP contribution in [0.4, 0.5) is 0 Å². The molecule has 0 atom stereocenters. The molecule has 48 heavy (non-hydrogen) atoms. The van der Waals surface area contributed by atoms with E-state index in [-0.39, 0.29) is 0 Å². The SMILES string of the molecule is CCCCCCP(Br)(CCCC)(CCCC)CCCC.CCCCCCP(CCCC)(CCCC)(CCCC)OP(=O)(OCC)OCC. The summed E-state index contributed by atoms with van der Waals surface area (Å²) in [5, 5.41) is -1.58. The van der Waals surface area contributed by atoms with Gasteiger partial charge in [0.25, 0.3) is 0 Å². The monoisotopic (exact) mass is 807 g/mol. The van der Waals surface area contributed by atoms with E-state index in [9.17, 15) is 4.57 Å². The maximum absolute atomic E-state index is 13.6. The van der Waals surface area contributed by atoms with Gasteiger partial charge in [-0.2, -0.15) is 0 Å². The van der Waals surface area contributed by atoms with E-state index in [0.717, 1.165) is 63.2 Å². The van der Waals surface area contributed by atoms with Gasteiger partial charge in [0.1, 0.15) is 0 Å². The molecule has 296 valence electrons. The summed E-state index contributed by atoms with van der Waals surface area (Å²) in [6, 6.07) is 0. The zero-order valence-corrected chi connectivity index (χ0v) is 38.8. The molecular weight excluding hydrogens is 717 g/mol. The van der Waals surface area contributed by atoms with Gasteiger partial charge in [0.15, 0.2) is 0 Å². The summed E-state index contributed by atoms with van der Waals surface area (Å²) < 4.78 is 31.7. The normalized spacial score (nSPS) is 14.1. The van der Waals surface area contributed by atoms with Crippen LogP contribution < -0.4 is 0 Å². The van der Waals surface area contributed by atoms with Crippen LogP contribution in [0.1, 0.15) is 198 Å². The maximum atomic E-state index is 13.6.